The Labute approximate surface area is 128 Å². The Hall–Kier alpha value is -0.690. The van der Waals surface area contributed by atoms with Gasteiger partial charge in [-0.15, -0.1) is 0 Å². The standard InChI is InChI=1S/C15H31NO5/c1-4-5-6-18-7-8-19-9-10-20-11-12-21-15(17)13(2)14(3)16/h13-14H,4-12,16H2,1-3H3. The van der Waals surface area contributed by atoms with Gasteiger partial charge in [-0.05, 0) is 13.3 Å². The normalized spacial score (nSPS) is 13.9. The zero-order valence-electron chi connectivity index (χ0n) is 13.6. The molecule has 0 saturated heterocycles. The van der Waals surface area contributed by atoms with Gasteiger partial charge in [0.1, 0.15) is 6.61 Å². The minimum atomic E-state index is -0.291. The number of hydrogen-bond donors (Lipinski definition) is 1. The van der Waals surface area contributed by atoms with Crippen LogP contribution in [0.4, 0.5) is 0 Å². The van der Waals surface area contributed by atoms with Gasteiger partial charge in [-0.3, -0.25) is 4.79 Å². The van der Waals surface area contributed by atoms with Crippen molar-refractivity contribution in [2.45, 2.75) is 39.7 Å². The molecule has 0 aliphatic heterocycles. The number of rotatable bonds is 14. The monoisotopic (exact) mass is 305 g/mol. The molecule has 2 N–H and O–H groups in total. The van der Waals surface area contributed by atoms with Gasteiger partial charge in [-0.1, -0.05) is 20.3 Å². The Kier molecular flexibility index (Phi) is 13.8. The Balaban J connectivity index is 3.21. The lowest BCUT2D eigenvalue weighted by atomic mass is 10.1. The van der Waals surface area contributed by atoms with E-state index in [1.165, 1.54) is 0 Å². The van der Waals surface area contributed by atoms with Crippen LogP contribution in [-0.4, -0.2) is 58.3 Å². The SMILES string of the molecule is CCCCOCCOCCOCCOC(=O)C(C)C(C)N. The summed E-state index contributed by atoms with van der Waals surface area (Å²) in [6.07, 6.45) is 2.23. The van der Waals surface area contributed by atoms with E-state index in [1.807, 2.05) is 0 Å². The van der Waals surface area contributed by atoms with E-state index in [-0.39, 0.29) is 24.5 Å². The number of unbranched alkanes of at least 4 members (excludes halogenated alkanes) is 1. The van der Waals surface area contributed by atoms with Gasteiger partial charge < -0.3 is 24.7 Å². The molecule has 0 amide bonds. The van der Waals surface area contributed by atoms with Crippen molar-refractivity contribution < 1.29 is 23.7 Å². The van der Waals surface area contributed by atoms with E-state index in [0.717, 1.165) is 19.4 Å². The zero-order chi connectivity index (χ0) is 15.9. The quantitative estimate of drug-likeness (QED) is 0.385. The Bertz CT molecular complexity index is 248. The molecule has 2 unspecified atom stereocenters. The van der Waals surface area contributed by atoms with E-state index in [1.54, 1.807) is 13.8 Å². The van der Waals surface area contributed by atoms with Gasteiger partial charge in [0, 0.05) is 12.6 Å². The van der Waals surface area contributed by atoms with E-state index in [4.69, 9.17) is 24.7 Å². The molecule has 6 heteroatoms. The highest BCUT2D eigenvalue weighted by molar-refractivity contribution is 5.72. The lowest BCUT2D eigenvalue weighted by Gasteiger charge is -2.14. The molecule has 0 aromatic carbocycles. The molecule has 0 radical (unpaired) electrons. The summed E-state index contributed by atoms with van der Waals surface area (Å²) in [6.45, 7) is 9.27. The van der Waals surface area contributed by atoms with Crippen LogP contribution in [0.25, 0.3) is 0 Å². The fourth-order valence-corrected chi connectivity index (χ4v) is 1.34. The second-order valence-corrected chi connectivity index (χ2v) is 5.01. The average molecular weight is 305 g/mol. The molecule has 0 saturated carbocycles. The van der Waals surface area contributed by atoms with Crippen molar-refractivity contribution in [1.29, 1.82) is 0 Å². The van der Waals surface area contributed by atoms with Gasteiger partial charge >= 0.3 is 5.97 Å². The number of nitrogens with two attached hydrogens (primary N) is 1. The van der Waals surface area contributed by atoms with E-state index in [2.05, 4.69) is 6.92 Å². The molecule has 0 fully saturated rings. The molecule has 0 aliphatic rings. The summed E-state index contributed by atoms with van der Waals surface area (Å²) in [4.78, 5) is 11.5. The van der Waals surface area contributed by atoms with Crippen molar-refractivity contribution in [1.82, 2.24) is 0 Å². The number of ether oxygens (including phenoxy) is 4. The molecule has 0 aromatic rings. The highest BCUT2D eigenvalue weighted by Crippen LogP contribution is 2.02. The topological polar surface area (TPSA) is 80.0 Å². The summed E-state index contributed by atoms with van der Waals surface area (Å²) >= 11 is 0. The van der Waals surface area contributed by atoms with Gasteiger partial charge in [-0.2, -0.15) is 0 Å². The number of hydrogen-bond acceptors (Lipinski definition) is 6. The summed E-state index contributed by atoms with van der Waals surface area (Å²) in [7, 11) is 0. The highest BCUT2D eigenvalue weighted by Gasteiger charge is 2.18. The van der Waals surface area contributed by atoms with Crippen LogP contribution in [0.15, 0.2) is 0 Å². The molecular formula is C15H31NO5. The molecule has 0 heterocycles. The minimum Gasteiger partial charge on any atom is -0.463 e. The molecule has 2 atom stereocenters. The van der Waals surface area contributed by atoms with E-state index < -0.39 is 0 Å². The number of esters is 1. The third kappa shape index (κ3) is 12.7. The molecular weight excluding hydrogens is 274 g/mol. The zero-order valence-corrected chi connectivity index (χ0v) is 13.6. The molecule has 0 bridgehead atoms. The van der Waals surface area contributed by atoms with E-state index in [9.17, 15) is 4.79 Å². The summed E-state index contributed by atoms with van der Waals surface area (Å²) in [6, 6.07) is -0.202. The van der Waals surface area contributed by atoms with Crippen LogP contribution in [0.1, 0.15) is 33.6 Å². The smallest absolute Gasteiger partial charge is 0.310 e. The second kappa shape index (κ2) is 14.3. The molecule has 126 valence electrons. The minimum absolute atomic E-state index is 0.202. The van der Waals surface area contributed by atoms with Crippen molar-refractivity contribution in [3.8, 4) is 0 Å². The van der Waals surface area contributed by atoms with Crippen LogP contribution in [0.2, 0.25) is 0 Å². The fraction of sp³-hybridized carbons (Fsp3) is 0.933. The van der Waals surface area contributed by atoms with Gasteiger partial charge in [-0.25, -0.2) is 0 Å². The van der Waals surface area contributed by atoms with Crippen LogP contribution in [-0.2, 0) is 23.7 Å². The van der Waals surface area contributed by atoms with Crippen molar-refractivity contribution in [3.05, 3.63) is 0 Å². The molecule has 0 aromatic heterocycles. The fourth-order valence-electron chi connectivity index (χ4n) is 1.34. The number of carbonyl (C=O) groups excluding carboxylic acids is 1. The van der Waals surface area contributed by atoms with E-state index in [0.29, 0.717) is 33.0 Å². The van der Waals surface area contributed by atoms with Crippen LogP contribution < -0.4 is 5.73 Å². The van der Waals surface area contributed by atoms with Crippen molar-refractivity contribution in [3.63, 3.8) is 0 Å². The predicted octanol–water partition coefficient (Wildman–Crippen LogP) is 1.36. The first kappa shape index (κ1) is 20.3. The van der Waals surface area contributed by atoms with Gasteiger partial charge in [0.2, 0.25) is 0 Å². The third-order valence-corrected chi connectivity index (χ3v) is 3.02. The van der Waals surface area contributed by atoms with Crippen LogP contribution in [0.5, 0.6) is 0 Å². The van der Waals surface area contributed by atoms with Crippen LogP contribution >= 0.6 is 0 Å². The third-order valence-electron chi connectivity index (χ3n) is 3.02. The molecule has 0 spiro atoms. The molecule has 0 aliphatic carbocycles. The summed E-state index contributed by atoms with van der Waals surface area (Å²) < 4.78 is 21.0. The lowest BCUT2D eigenvalue weighted by Crippen LogP contribution is -2.32. The van der Waals surface area contributed by atoms with Crippen LogP contribution in [0, 0.1) is 5.92 Å². The van der Waals surface area contributed by atoms with Crippen molar-refractivity contribution in [2.75, 3.05) is 46.2 Å². The van der Waals surface area contributed by atoms with Gasteiger partial charge in [0.05, 0.1) is 39.0 Å². The molecule has 21 heavy (non-hydrogen) atoms. The summed E-state index contributed by atoms with van der Waals surface area (Å²) in [5.74, 6) is -0.574. The molecule has 6 nitrogen and oxygen atoms in total. The van der Waals surface area contributed by atoms with Crippen LogP contribution in [0.3, 0.4) is 0 Å². The van der Waals surface area contributed by atoms with Gasteiger partial charge in [0.25, 0.3) is 0 Å². The largest absolute Gasteiger partial charge is 0.463 e. The van der Waals surface area contributed by atoms with E-state index >= 15 is 0 Å². The maximum absolute atomic E-state index is 11.5. The van der Waals surface area contributed by atoms with Crippen molar-refractivity contribution >= 4 is 5.97 Å². The Morgan fingerprint density at radius 3 is 1.86 bits per heavy atom. The summed E-state index contributed by atoms with van der Waals surface area (Å²) in [5, 5.41) is 0. The Morgan fingerprint density at radius 1 is 0.905 bits per heavy atom. The maximum Gasteiger partial charge on any atom is 0.310 e. The average Bonchev–Trinajstić information content (AvgIpc) is 2.47. The van der Waals surface area contributed by atoms with Gasteiger partial charge in [0.15, 0.2) is 0 Å². The first-order valence-electron chi connectivity index (χ1n) is 7.75. The maximum atomic E-state index is 11.5. The molecule has 0 rings (SSSR count). The van der Waals surface area contributed by atoms with Crippen molar-refractivity contribution in [2.24, 2.45) is 11.7 Å². The number of carbonyl (C=O) groups is 1. The second-order valence-electron chi connectivity index (χ2n) is 5.01. The lowest BCUT2D eigenvalue weighted by molar-refractivity contribution is -0.150. The first-order valence-corrected chi connectivity index (χ1v) is 7.75. The predicted molar refractivity (Wildman–Crippen MR) is 81.1 cm³/mol. The first-order chi connectivity index (χ1) is 10.1. The highest BCUT2D eigenvalue weighted by atomic mass is 16.6. The Morgan fingerprint density at radius 2 is 1.38 bits per heavy atom. The summed E-state index contributed by atoms with van der Waals surface area (Å²) in [5.41, 5.74) is 5.61.